The number of rotatable bonds is 7. The van der Waals surface area contributed by atoms with Crippen LogP contribution >= 0.6 is 34.5 Å². The van der Waals surface area contributed by atoms with Crippen LogP contribution in [0.2, 0.25) is 10.0 Å². The van der Waals surface area contributed by atoms with Gasteiger partial charge in [-0.3, -0.25) is 0 Å². The van der Waals surface area contributed by atoms with Crippen molar-refractivity contribution < 1.29 is 23.9 Å². The lowest BCUT2D eigenvalue weighted by Crippen LogP contribution is -2.01. The SMILES string of the molecule is Cc1cc(OCc2c(-c3c(Cl)cccc3Cl)noc2C(C)C)ccc1-c1sc(OC(=O)O)cc1C. The van der Waals surface area contributed by atoms with Crippen LogP contribution in [0, 0.1) is 13.8 Å². The Labute approximate surface area is 217 Å². The van der Waals surface area contributed by atoms with E-state index in [0.29, 0.717) is 37.9 Å². The summed E-state index contributed by atoms with van der Waals surface area (Å²) < 4.78 is 16.6. The highest BCUT2D eigenvalue weighted by molar-refractivity contribution is 7.17. The van der Waals surface area contributed by atoms with Gasteiger partial charge >= 0.3 is 6.16 Å². The summed E-state index contributed by atoms with van der Waals surface area (Å²) in [6.07, 6.45) is -1.33. The normalized spacial score (nSPS) is 11.2. The van der Waals surface area contributed by atoms with Crippen LogP contribution in [-0.4, -0.2) is 16.4 Å². The molecule has 6 nitrogen and oxygen atoms in total. The van der Waals surface area contributed by atoms with E-state index in [4.69, 9.17) is 42.3 Å². The number of hydrogen-bond acceptors (Lipinski definition) is 6. The van der Waals surface area contributed by atoms with Crippen LogP contribution in [0.5, 0.6) is 10.8 Å². The van der Waals surface area contributed by atoms with Crippen molar-refractivity contribution in [1.82, 2.24) is 5.16 Å². The Hall–Kier alpha value is -3.00. The second-order valence-corrected chi connectivity index (χ2v) is 10.2. The van der Waals surface area contributed by atoms with E-state index in [9.17, 15) is 4.79 Å². The maximum absolute atomic E-state index is 10.9. The number of aromatic nitrogens is 1. The van der Waals surface area contributed by atoms with Gasteiger partial charge in [0.2, 0.25) is 0 Å². The molecule has 0 saturated carbocycles. The molecule has 1 N–H and O–H groups in total. The zero-order chi connectivity index (χ0) is 25.3. The Morgan fingerprint density at radius 2 is 1.83 bits per heavy atom. The van der Waals surface area contributed by atoms with Gasteiger partial charge in [0.1, 0.15) is 23.8 Å². The fourth-order valence-corrected chi connectivity index (χ4v) is 5.51. The summed E-state index contributed by atoms with van der Waals surface area (Å²) in [5, 5.41) is 14.5. The minimum absolute atomic E-state index is 0.0873. The summed E-state index contributed by atoms with van der Waals surface area (Å²) in [5.74, 6) is 1.48. The summed E-state index contributed by atoms with van der Waals surface area (Å²) in [6.45, 7) is 8.17. The molecule has 0 unspecified atom stereocenters. The number of nitrogens with zero attached hydrogens (tertiary/aromatic N) is 1. The van der Waals surface area contributed by atoms with Crippen molar-refractivity contribution in [2.45, 2.75) is 40.2 Å². The van der Waals surface area contributed by atoms with Gasteiger partial charge in [0.25, 0.3) is 0 Å². The monoisotopic (exact) mass is 531 g/mol. The minimum atomic E-state index is -1.33. The minimum Gasteiger partial charge on any atom is -0.489 e. The summed E-state index contributed by atoms with van der Waals surface area (Å²) in [6, 6.07) is 12.8. The first-order chi connectivity index (χ1) is 16.7. The third-order valence-corrected chi connectivity index (χ3v) is 7.23. The van der Waals surface area contributed by atoms with Crippen molar-refractivity contribution in [2.24, 2.45) is 0 Å². The van der Waals surface area contributed by atoms with E-state index in [-0.39, 0.29) is 12.5 Å². The van der Waals surface area contributed by atoms with Crippen LogP contribution in [-0.2, 0) is 6.61 Å². The molecular weight excluding hydrogens is 509 g/mol. The third kappa shape index (κ3) is 5.32. The Balaban J connectivity index is 1.61. The molecule has 0 spiro atoms. The molecule has 0 bridgehead atoms. The summed E-state index contributed by atoms with van der Waals surface area (Å²) in [5.41, 5.74) is 4.88. The number of ether oxygens (including phenoxy) is 2. The third-order valence-electron chi connectivity index (χ3n) is 5.45. The highest BCUT2D eigenvalue weighted by atomic mass is 35.5. The quantitative estimate of drug-likeness (QED) is 0.240. The smallest absolute Gasteiger partial charge is 0.489 e. The zero-order valence-corrected chi connectivity index (χ0v) is 21.8. The molecule has 0 amide bonds. The number of thiophene rings is 1. The van der Waals surface area contributed by atoms with Crippen LogP contribution in [0.1, 0.15) is 42.2 Å². The van der Waals surface area contributed by atoms with Crippen LogP contribution in [0.15, 0.2) is 47.0 Å². The first kappa shape index (κ1) is 25.1. The number of carbonyl (C=O) groups is 1. The number of halogens is 2. The van der Waals surface area contributed by atoms with Crippen LogP contribution in [0.25, 0.3) is 21.7 Å². The van der Waals surface area contributed by atoms with Crippen molar-refractivity contribution >= 4 is 40.7 Å². The molecule has 4 rings (SSSR count). The second kappa shape index (κ2) is 10.3. The van der Waals surface area contributed by atoms with Crippen molar-refractivity contribution in [3.8, 4) is 32.5 Å². The molecule has 9 heteroatoms. The van der Waals surface area contributed by atoms with E-state index < -0.39 is 6.16 Å². The molecule has 2 aromatic heterocycles. The molecule has 2 heterocycles. The van der Waals surface area contributed by atoms with Gasteiger partial charge in [0.15, 0.2) is 5.06 Å². The molecule has 0 atom stereocenters. The lowest BCUT2D eigenvalue weighted by molar-refractivity contribution is 0.146. The van der Waals surface area contributed by atoms with E-state index >= 15 is 0 Å². The standard InChI is InChI=1S/C26H23Cl2NO5S/c1-13(2)24-18(23(29-34-24)22-19(27)6-5-7-20(22)28)12-32-16-8-9-17(14(3)10-16)25-15(4)11-21(35-25)33-26(30)31/h5-11,13H,12H2,1-4H3,(H,30,31). The van der Waals surface area contributed by atoms with Gasteiger partial charge in [-0.05, 0) is 66.9 Å². The number of carboxylic acid groups (broad SMARTS) is 1. The van der Waals surface area contributed by atoms with Gasteiger partial charge in [-0.25, -0.2) is 4.79 Å². The summed E-state index contributed by atoms with van der Waals surface area (Å²) in [7, 11) is 0. The Morgan fingerprint density at radius 1 is 1.11 bits per heavy atom. The lowest BCUT2D eigenvalue weighted by Gasteiger charge is -2.12. The topological polar surface area (TPSA) is 81.8 Å². The average molecular weight is 532 g/mol. The van der Waals surface area contributed by atoms with E-state index in [0.717, 1.165) is 27.1 Å². The predicted octanol–water partition coefficient (Wildman–Crippen LogP) is 8.75. The molecule has 35 heavy (non-hydrogen) atoms. The van der Waals surface area contributed by atoms with Gasteiger partial charge < -0.3 is 19.1 Å². The first-order valence-corrected chi connectivity index (χ1v) is 12.4. The van der Waals surface area contributed by atoms with E-state index in [1.54, 1.807) is 24.3 Å². The molecule has 0 aliphatic rings. The largest absolute Gasteiger partial charge is 0.512 e. The van der Waals surface area contributed by atoms with Gasteiger partial charge in [-0.2, -0.15) is 0 Å². The maximum Gasteiger partial charge on any atom is 0.512 e. The Morgan fingerprint density at radius 3 is 2.46 bits per heavy atom. The first-order valence-electron chi connectivity index (χ1n) is 10.8. The fourth-order valence-electron chi connectivity index (χ4n) is 3.83. The molecular formula is C26H23Cl2NO5S. The predicted molar refractivity (Wildman–Crippen MR) is 138 cm³/mol. The van der Waals surface area contributed by atoms with Crippen LogP contribution < -0.4 is 9.47 Å². The van der Waals surface area contributed by atoms with Crippen molar-refractivity contribution in [2.75, 3.05) is 0 Å². The van der Waals surface area contributed by atoms with Crippen LogP contribution in [0.4, 0.5) is 4.79 Å². The molecule has 0 fully saturated rings. The Bertz CT molecular complexity index is 1370. The van der Waals surface area contributed by atoms with Crippen molar-refractivity contribution in [3.05, 3.63) is 75.0 Å². The molecule has 0 aliphatic carbocycles. The van der Waals surface area contributed by atoms with Gasteiger partial charge in [0.05, 0.1) is 15.6 Å². The molecule has 0 radical (unpaired) electrons. The fraction of sp³-hybridized carbons (Fsp3) is 0.231. The Kier molecular flexibility index (Phi) is 7.40. The summed E-state index contributed by atoms with van der Waals surface area (Å²) >= 11 is 14.2. The highest BCUT2D eigenvalue weighted by Gasteiger charge is 2.24. The number of aryl methyl sites for hydroxylation is 2. The highest BCUT2D eigenvalue weighted by Crippen LogP contribution is 2.41. The summed E-state index contributed by atoms with van der Waals surface area (Å²) in [4.78, 5) is 11.8. The molecule has 2 aromatic carbocycles. The molecule has 182 valence electrons. The van der Waals surface area contributed by atoms with Gasteiger partial charge in [-0.1, -0.05) is 59.6 Å². The van der Waals surface area contributed by atoms with Gasteiger partial charge in [-0.15, -0.1) is 0 Å². The van der Waals surface area contributed by atoms with E-state index in [1.807, 2.05) is 45.9 Å². The number of hydrogen-bond donors (Lipinski definition) is 1. The molecule has 4 aromatic rings. The maximum atomic E-state index is 10.9. The van der Waals surface area contributed by atoms with Crippen molar-refractivity contribution in [3.63, 3.8) is 0 Å². The lowest BCUT2D eigenvalue weighted by atomic mass is 10.0. The molecule has 0 saturated heterocycles. The average Bonchev–Trinajstić information content (AvgIpc) is 3.35. The van der Waals surface area contributed by atoms with E-state index in [1.165, 1.54) is 11.3 Å². The van der Waals surface area contributed by atoms with Crippen LogP contribution in [0.3, 0.4) is 0 Å². The van der Waals surface area contributed by atoms with Gasteiger partial charge in [0, 0.05) is 16.4 Å². The zero-order valence-electron chi connectivity index (χ0n) is 19.5. The second-order valence-electron chi connectivity index (χ2n) is 8.34. The van der Waals surface area contributed by atoms with E-state index in [2.05, 4.69) is 5.16 Å². The van der Waals surface area contributed by atoms with Crippen molar-refractivity contribution in [1.29, 1.82) is 0 Å². The number of benzene rings is 2. The molecule has 0 aliphatic heterocycles.